The van der Waals surface area contributed by atoms with Crippen LogP contribution in [-0.4, -0.2) is 65.9 Å². The molecule has 4 nitrogen and oxygen atoms in total. The van der Waals surface area contributed by atoms with E-state index in [0.717, 1.165) is 51.7 Å². The highest BCUT2D eigenvalue weighted by Crippen LogP contribution is 2.27. The van der Waals surface area contributed by atoms with E-state index < -0.39 is 0 Å². The monoisotopic (exact) mass is 417 g/mol. The van der Waals surface area contributed by atoms with E-state index in [9.17, 15) is 4.79 Å². The predicted molar refractivity (Wildman–Crippen MR) is 126 cm³/mol. The van der Waals surface area contributed by atoms with Crippen LogP contribution in [0.15, 0.2) is 42.5 Å². The van der Waals surface area contributed by atoms with E-state index in [1.165, 1.54) is 53.5 Å². The molecule has 0 N–H and O–H groups in total. The number of amides is 1. The lowest BCUT2D eigenvalue weighted by Gasteiger charge is -2.39. The zero-order valence-corrected chi connectivity index (χ0v) is 18.9. The Morgan fingerprint density at radius 3 is 2.32 bits per heavy atom. The molecule has 0 spiro atoms. The molecule has 1 saturated carbocycles. The lowest BCUT2D eigenvalue weighted by atomic mass is 9.94. The van der Waals surface area contributed by atoms with E-state index in [1.54, 1.807) is 0 Å². The average molecular weight is 418 g/mol. The van der Waals surface area contributed by atoms with Crippen molar-refractivity contribution in [1.82, 2.24) is 14.7 Å². The predicted octanol–water partition coefficient (Wildman–Crippen LogP) is 4.11. The lowest BCUT2D eigenvalue weighted by molar-refractivity contribution is -0.134. The van der Waals surface area contributed by atoms with Gasteiger partial charge in [-0.1, -0.05) is 60.9 Å². The van der Waals surface area contributed by atoms with Crippen LogP contribution >= 0.6 is 0 Å². The minimum atomic E-state index is 0.311. The minimum absolute atomic E-state index is 0.311. The van der Waals surface area contributed by atoms with Crippen LogP contribution in [0.2, 0.25) is 0 Å². The number of carbonyl (C=O) groups is 1. The normalized spacial score (nSPS) is 20.7. The Labute approximate surface area is 186 Å². The first-order chi connectivity index (χ1) is 15.2. The van der Waals surface area contributed by atoms with Crippen molar-refractivity contribution in [3.05, 3.63) is 59.2 Å². The van der Waals surface area contributed by atoms with Gasteiger partial charge in [0.2, 0.25) is 5.91 Å². The Morgan fingerprint density at radius 1 is 0.871 bits per heavy atom. The molecule has 5 rings (SSSR count). The molecule has 0 radical (unpaired) electrons. The SMILES string of the molecule is Cc1ccc(-c2ccc3c(c2)CCN(CC(=O)N2CCN(C4CCCC4)CC2)C3)cc1. The molecular formula is C27H35N3O. The fourth-order valence-electron chi connectivity index (χ4n) is 5.57. The largest absolute Gasteiger partial charge is 0.339 e. The van der Waals surface area contributed by atoms with Gasteiger partial charge in [-0.2, -0.15) is 0 Å². The molecule has 4 heteroatoms. The van der Waals surface area contributed by atoms with Crippen LogP contribution in [0.3, 0.4) is 0 Å². The van der Waals surface area contributed by atoms with Gasteiger partial charge in [-0.05, 0) is 48.4 Å². The van der Waals surface area contributed by atoms with Gasteiger partial charge in [0, 0.05) is 45.3 Å². The van der Waals surface area contributed by atoms with E-state index in [-0.39, 0.29) is 0 Å². The minimum Gasteiger partial charge on any atom is -0.339 e. The summed E-state index contributed by atoms with van der Waals surface area (Å²) in [5.41, 5.74) is 6.68. The van der Waals surface area contributed by atoms with Crippen molar-refractivity contribution >= 4 is 5.91 Å². The third kappa shape index (κ3) is 4.70. The molecule has 3 aliphatic rings. The summed E-state index contributed by atoms with van der Waals surface area (Å²) in [4.78, 5) is 20.0. The molecule has 1 saturated heterocycles. The topological polar surface area (TPSA) is 26.8 Å². The maximum atomic E-state index is 12.9. The molecule has 2 fully saturated rings. The van der Waals surface area contributed by atoms with Gasteiger partial charge in [0.1, 0.15) is 0 Å². The zero-order valence-electron chi connectivity index (χ0n) is 18.9. The van der Waals surface area contributed by atoms with Crippen LogP contribution in [0.5, 0.6) is 0 Å². The molecule has 0 atom stereocenters. The second kappa shape index (κ2) is 9.13. The van der Waals surface area contributed by atoms with Crippen LogP contribution < -0.4 is 0 Å². The van der Waals surface area contributed by atoms with Crippen LogP contribution in [0.1, 0.15) is 42.4 Å². The first-order valence-electron chi connectivity index (χ1n) is 12.1. The summed E-state index contributed by atoms with van der Waals surface area (Å²) in [6, 6.07) is 16.4. The number of piperazine rings is 1. The summed E-state index contributed by atoms with van der Waals surface area (Å²) in [5.74, 6) is 0.311. The quantitative estimate of drug-likeness (QED) is 0.749. The van der Waals surface area contributed by atoms with E-state index >= 15 is 0 Å². The number of nitrogens with zero attached hydrogens (tertiary/aromatic N) is 3. The van der Waals surface area contributed by atoms with Gasteiger partial charge in [0.05, 0.1) is 6.54 Å². The number of aryl methyl sites for hydroxylation is 1. The Bertz CT molecular complexity index is 909. The Morgan fingerprint density at radius 2 is 1.58 bits per heavy atom. The highest BCUT2D eigenvalue weighted by atomic mass is 16.2. The van der Waals surface area contributed by atoms with E-state index in [4.69, 9.17) is 0 Å². The highest BCUT2D eigenvalue weighted by Gasteiger charge is 2.29. The van der Waals surface area contributed by atoms with Gasteiger partial charge in [-0.3, -0.25) is 14.6 Å². The average Bonchev–Trinajstić information content (AvgIpc) is 3.34. The third-order valence-electron chi connectivity index (χ3n) is 7.55. The van der Waals surface area contributed by atoms with Crippen molar-refractivity contribution in [2.45, 2.75) is 51.6 Å². The van der Waals surface area contributed by atoms with Crippen molar-refractivity contribution in [2.75, 3.05) is 39.3 Å². The maximum Gasteiger partial charge on any atom is 0.236 e. The van der Waals surface area contributed by atoms with E-state index in [0.29, 0.717) is 12.5 Å². The van der Waals surface area contributed by atoms with Gasteiger partial charge in [0.25, 0.3) is 0 Å². The van der Waals surface area contributed by atoms with Crippen molar-refractivity contribution < 1.29 is 4.79 Å². The summed E-state index contributed by atoms with van der Waals surface area (Å²) >= 11 is 0. The van der Waals surface area contributed by atoms with Crippen molar-refractivity contribution in [1.29, 1.82) is 0 Å². The molecule has 2 heterocycles. The summed E-state index contributed by atoms with van der Waals surface area (Å²) in [7, 11) is 0. The number of fused-ring (bicyclic) bond motifs is 1. The fraction of sp³-hybridized carbons (Fsp3) is 0.519. The Hall–Kier alpha value is -2.17. The summed E-state index contributed by atoms with van der Waals surface area (Å²) in [6.45, 7) is 8.46. The molecule has 2 aliphatic heterocycles. The van der Waals surface area contributed by atoms with Crippen molar-refractivity contribution in [3.8, 4) is 11.1 Å². The molecule has 2 aromatic carbocycles. The Kier molecular flexibility index (Phi) is 6.10. The Balaban J connectivity index is 1.15. The fourth-order valence-corrected chi connectivity index (χ4v) is 5.57. The van der Waals surface area contributed by atoms with E-state index in [1.807, 2.05) is 0 Å². The summed E-state index contributed by atoms with van der Waals surface area (Å²) < 4.78 is 0. The van der Waals surface area contributed by atoms with E-state index in [2.05, 4.69) is 64.1 Å². The van der Waals surface area contributed by atoms with Gasteiger partial charge < -0.3 is 4.90 Å². The van der Waals surface area contributed by atoms with Crippen molar-refractivity contribution in [3.63, 3.8) is 0 Å². The van der Waals surface area contributed by atoms with Crippen molar-refractivity contribution in [2.24, 2.45) is 0 Å². The second-order valence-corrected chi connectivity index (χ2v) is 9.67. The number of hydrogen-bond donors (Lipinski definition) is 0. The number of carbonyl (C=O) groups excluding carboxylic acids is 1. The molecule has 2 aromatic rings. The maximum absolute atomic E-state index is 12.9. The lowest BCUT2D eigenvalue weighted by Crippen LogP contribution is -2.53. The van der Waals surface area contributed by atoms with Crippen LogP contribution in [-0.2, 0) is 17.8 Å². The molecule has 0 bridgehead atoms. The second-order valence-electron chi connectivity index (χ2n) is 9.67. The van der Waals surface area contributed by atoms with Crippen LogP contribution in [0, 0.1) is 6.92 Å². The van der Waals surface area contributed by atoms with Gasteiger partial charge >= 0.3 is 0 Å². The smallest absolute Gasteiger partial charge is 0.236 e. The van der Waals surface area contributed by atoms with Gasteiger partial charge in [0.15, 0.2) is 0 Å². The van der Waals surface area contributed by atoms with Crippen LogP contribution in [0.4, 0.5) is 0 Å². The molecule has 0 aromatic heterocycles. The van der Waals surface area contributed by atoms with Crippen LogP contribution in [0.25, 0.3) is 11.1 Å². The zero-order chi connectivity index (χ0) is 21.2. The van der Waals surface area contributed by atoms with Gasteiger partial charge in [-0.15, -0.1) is 0 Å². The molecular weight excluding hydrogens is 382 g/mol. The summed E-state index contributed by atoms with van der Waals surface area (Å²) in [5, 5.41) is 0. The highest BCUT2D eigenvalue weighted by molar-refractivity contribution is 5.78. The first kappa shape index (κ1) is 20.7. The number of rotatable bonds is 4. The molecule has 31 heavy (non-hydrogen) atoms. The summed E-state index contributed by atoms with van der Waals surface area (Å²) in [6.07, 6.45) is 6.50. The molecule has 1 amide bonds. The molecule has 1 aliphatic carbocycles. The standard InChI is InChI=1S/C27H35N3O/c1-21-6-8-22(9-7-21)23-10-11-25-19-28(13-12-24(25)18-23)20-27(31)30-16-14-29(15-17-30)26-4-2-3-5-26/h6-11,18,26H,2-5,12-17,19-20H2,1H3. The molecule has 164 valence electrons. The third-order valence-corrected chi connectivity index (χ3v) is 7.55. The first-order valence-corrected chi connectivity index (χ1v) is 12.1. The van der Waals surface area contributed by atoms with Gasteiger partial charge in [-0.25, -0.2) is 0 Å². The molecule has 0 unspecified atom stereocenters. The number of benzene rings is 2. The number of hydrogen-bond acceptors (Lipinski definition) is 3.